The highest BCUT2D eigenvalue weighted by Gasteiger charge is 2.20. The second-order valence-corrected chi connectivity index (χ2v) is 4.44. The van der Waals surface area contributed by atoms with Crippen LogP contribution in [0, 0.1) is 6.92 Å². The molecule has 15 heavy (non-hydrogen) atoms. The first-order valence-corrected chi connectivity index (χ1v) is 5.65. The molecule has 82 valence electrons. The second-order valence-electron chi connectivity index (χ2n) is 4.03. The van der Waals surface area contributed by atoms with Crippen LogP contribution in [0.25, 0.3) is 0 Å². The quantitative estimate of drug-likeness (QED) is 0.836. The van der Waals surface area contributed by atoms with Crippen LogP contribution in [-0.4, -0.2) is 20.2 Å². The molecule has 0 amide bonds. The van der Waals surface area contributed by atoms with Crippen molar-refractivity contribution in [2.75, 3.05) is 20.2 Å². The predicted octanol–water partition coefficient (Wildman–Crippen LogP) is 2.73. The summed E-state index contributed by atoms with van der Waals surface area (Å²) in [6.07, 6.45) is 1.16. The first-order valence-electron chi connectivity index (χ1n) is 5.27. The lowest BCUT2D eigenvalue weighted by Crippen LogP contribution is -2.08. The molecule has 1 saturated heterocycles. The van der Waals surface area contributed by atoms with E-state index in [0.29, 0.717) is 5.92 Å². The summed E-state index contributed by atoms with van der Waals surface area (Å²) in [5.74, 6) is 1.47. The maximum absolute atomic E-state index is 6.26. The minimum absolute atomic E-state index is 0.534. The third-order valence-corrected chi connectivity index (χ3v) is 3.34. The Morgan fingerprint density at radius 3 is 2.87 bits per heavy atom. The van der Waals surface area contributed by atoms with E-state index in [4.69, 9.17) is 16.3 Å². The average molecular weight is 226 g/mol. The Labute approximate surface area is 95.6 Å². The number of benzene rings is 1. The van der Waals surface area contributed by atoms with Gasteiger partial charge in [-0.3, -0.25) is 0 Å². The number of nitrogens with one attached hydrogen (secondary N) is 1. The highest BCUT2D eigenvalue weighted by molar-refractivity contribution is 6.31. The normalized spacial score (nSPS) is 20.6. The molecular weight excluding hydrogens is 210 g/mol. The van der Waals surface area contributed by atoms with Crippen LogP contribution in [0.2, 0.25) is 5.02 Å². The van der Waals surface area contributed by atoms with Crippen LogP contribution in [0.3, 0.4) is 0 Å². The highest BCUT2D eigenvalue weighted by atomic mass is 35.5. The van der Waals surface area contributed by atoms with Crippen molar-refractivity contribution >= 4 is 11.6 Å². The van der Waals surface area contributed by atoms with E-state index in [0.717, 1.165) is 35.8 Å². The van der Waals surface area contributed by atoms with Gasteiger partial charge in [-0.05, 0) is 49.1 Å². The van der Waals surface area contributed by atoms with Gasteiger partial charge in [-0.1, -0.05) is 11.6 Å². The Morgan fingerprint density at radius 1 is 1.47 bits per heavy atom. The summed E-state index contributed by atoms with van der Waals surface area (Å²) in [7, 11) is 1.70. The minimum Gasteiger partial charge on any atom is -0.496 e. The van der Waals surface area contributed by atoms with Crippen molar-refractivity contribution in [3.05, 3.63) is 28.3 Å². The molecule has 1 aliphatic rings. The monoisotopic (exact) mass is 225 g/mol. The van der Waals surface area contributed by atoms with Crippen LogP contribution < -0.4 is 10.1 Å². The Bertz CT molecular complexity index is 359. The molecule has 3 heteroatoms. The van der Waals surface area contributed by atoms with E-state index in [9.17, 15) is 0 Å². The lowest BCUT2D eigenvalue weighted by Gasteiger charge is -2.14. The van der Waals surface area contributed by atoms with Crippen molar-refractivity contribution in [1.29, 1.82) is 0 Å². The fourth-order valence-corrected chi connectivity index (χ4v) is 2.49. The Kier molecular flexibility index (Phi) is 3.17. The maximum atomic E-state index is 6.26. The van der Waals surface area contributed by atoms with Crippen molar-refractivity contribution in [3.63, 3.8) is 0 Å². The zero-order valence-electron chi connectivity index (χ0n) is 9.14. The molecule has 1 unspecified atom stereocenters. The van der Waals surface area contributed by atoms with Crippen LogP contribution in [0.15, 0.2) is 12.1 Å². The van der Waals surface area contributed by atoms with Gasteiger partial charge in [0.25, 0.3) is 0 Å². The zero-order valence-corrected chi connectivity index (χ0v) is 9.90. The molecule has 0 aromatic heterocycles. The average Bonchev–Trinajstić information content (AvgIpc) is 2.71. The summed E-state index contributed by atoms with van der Waals surface area (Å²) < 4.78 is 5.32. The number of ether oxygens (including phenoxy) is 1. The van der Waals surface area contributed by atoms with E-state index in [1.54, 1.807) is 7.11 Å². The SMILES string of the molecule is COc1cc(C2CCNC2)c(Cl)cc1C. The van der Waals surface area contributed by atoms with Crippen molar-refractivity contribution < 1.29 is 4.74 Å². The summed E-state index contributed by atoms with van der Waals surface area (Å²) in [6, 6.07) is 4.07. The summed E-state index contributed by atoms with van der Waals surface area (Å²) >= 11 is 6.26. The molecule has 0 spiro atoms. The van der Waals surface area contributed by atoms with Gasteiger partial charge in [0.1, 0.15) is 5.75 Å². The molecule has 2 rings (SSSR count). The molecule has 1 fully saturated rings. The van der Waals surface area contributed by atoms with Gasteiger partial charge in [-0.25, -0.2) is 0 Å². The predicted molar refractivity (Wildman–Crippen MR) is 63.0 cm³/mol. The van der Waals surface area contributed by atoms with Crippen LogP contribution in [0.5, 0.6) is 5.75 Å². The molecule has 0 saturated carbocycles. The van der Waals surface area contributed by atoms with Crippen LogP contribution in [-0.2, 0) is 0 Å². The smallest absolute Gasteiger partial charge is 0.122 e. The topological polar surface area (TPSA) is 21.3 Å². The minimum atomic E-state index is 0.534. The van der Waals surface area contributed by atoms with E-state index >= 15 is 0 Å². The fraction of sp³-hybridized carbons (Fsp3) is 0.500. The van der Waals surface area contributed by atoms with Gasteiger partial charge in [0.15, 0.2) is 0 Å². The summed E-state index contributed by atoms with van der Waals surface area (Å²) in [6.45, 7) is 4.12. The van der Waals surface area contributed by atoms with Crippen LogP contribution in [0.1, 0.15) is 23.5 Å². The Morgan fingerprint density at radius 2 is 2.27 bits per heavy atom. The first-order chi connectivity index (χ1) is 7.22. The molecule has 1 aromatic carbocycles. The largest absolute Gasteiger partial charge is 0.496 e. The lowest BCUT2D eigenvalue weighted by atomic mass is 9.97. The number of hydrogen-bond acceptors (Lipinski definition) is 2. The van der Waals surface area contributed by atoms with Crippen molar-refractivity contribution in [1.82, 2.24) is 5.32 Å². The number of aryl methyl sites for hydroxylation is 1. The number of methoxy groups -OCH3 is 1. The molecule has 0 bridgehead atoms. The van der Waals surface area contributed by atoms with E-state index in [1.165, 1.54) is 5.56 Å². The molecular formula is C12H16ClNO. The number of hydrogen-bond donors (Lipinski definition) is 1. The molecule has 1 heterocycles. The van der Waals surface area contributed by atoms with Gasteiger partial charge in [-0.15, -0.1) is 0 Å². The van der Waals surface area contributed by atoms with Gasteiger partial charge in [0.05, 0.1) is 7.11 Å². The van der Waals surface area contributed by atoms with E-state index < -0.39 is 0 Å². The van der Waals surface area contributed by atoms with Crippen molar-refractivity contribution in [3.8, 4) is 5.75 Å². The molecule has 1 N–H and O–H groups in total. The summed E-state index contributed by atoms with van der Waals surface area (Å²) in [5, 5.41) is 4.21. The first kappa shape index (κ1) is 10.8. The number of halogens is 1. The highest BCUT2D eigenvalue weighted by Crippen LogP contribution is 2.33. The standard InChI is InChI=1S/C12H16ClNO/c1-8-5-11(13)10(6-12(8)15-2)9-3-4-14-7-9/h5-6,9,14H,3-4,7H2,1-2H3. The fourth-order valence-electron chi connectivity index (χ4n) is 2.12. The Balaban J connectivity index is 2.37. The van der Waals surface area contributed by atoms with E-state index in [-0.39, 0.29) is 0 Å². The molecule has 1 atom stereocenters. The van der Waals surface area contributed by atoms with Gasteiger partial charge < -0.3 is 10.1 Å². The van der Waals surface area contributed by atoms with Gasteiger partial charge in [0, 0.05) is 11.6 Å². The second kappa shape index (κ2) is 4.42. The van der Waals surface area contributed by atoms with Crippen LogP contribution in [0.4, 0.5) is 0 Å². The van der Waals surface area contributed by atoms with Crippen molar-refractivity contribution in [2.45, 2.75) is 19.3 Å². The molecule has 0 radical (unpaired) electrons. The summed E-state index contributed by atoms with van der Waals surface area (Å²) in [5.41, 5.74) is 2.31. The lowest BCUT2D eigenvalue weighted by molar-refractivity contribution is 0.411. The zero-order chi connectivity index (χ0) is 10.8. The molecule has 1 aromatic rings. The van der Waals surface area contributed by atoms with E-state index in [2.05, 4.69) is 11.4 Å². The molecule has 2 nitrogen and oxygen atoms in total. The maximum Gasteiger partial charge on any atom is 0.122 e. The van der Waals surface area contributed by atoms with Gasteiger partial charge in [0.2, 0.25) is 0 Å². The van der Waals surface area contributed by atoms with E-state index in [1.807, 2.05) is 13.0 Å². The van der Waals surface area contributed by atoms with Crippen molar-refractivity contribution in [2.24, 2.45) is 0 Å². The summed E-state index contributed by atoms with van der Waals surface area (Å²) in [4.78, 5) is 0. The van der Waals surface area contributed by atoms with Gasteiger partial charge in [-0.2, -0.15) is 0 Å². The third kappa shape index (κ3) is 2.11. The van der Waals surface area contributed by atoms with Crippen LogP contribution >= 0.6 is 11.6 Å². The Hall–Kier alpha value is -0.730. The molecule has 1 aliphatic heterocycles. The molecule has 0 aliphatic carbocycles. The number of rotatable bonds is 2. The third-order valence-electron chi connectivity index (χ3n) is 3.01. The van der Waals surface area contributed by atoms with Gasteiger partial charge >= 0.3 is 0 Å².